The number of hydrogen-bond donors (Lipinski definition) is 0. The molecule has 0 N–H and O–H groups in total. The second kappa shape index (κ2) is 7.87. The lowest BCUT2D eigenvalue weighted by Crippen LogP contribution is -2.25. The van der Waals surface area contributed by atoms with Crippen molar-refractivity contribution in [2.45, 2.75) is 45.6 Å². The smallest absolute Gasteiger partial charge is 0.173 e. The summed E-state index contributed by atoms with van der Waals surface area (Å²) in [5, 5.41) is 0.323. The molecule has 0 saturated carbocycles. The summed E-state index contributed by atoms with van der Waals surface area (Å²) in [6.07, 6.45) is 1.24. The third kappa shape index (κ3) is 4.12. The number of methoxy groups -OCH3 is 1. The highest BCUT2D eigenvalue weighted by Gasteiger charge is 2.30. The summed E-state index contributed by atoms with van der Waals surface area (Å²) < 4.78 is 11.5. The van der Waals surface area contributed by atoms with Gasteiger partial charge in [0.1, 0.15) is 5.75 Å². The van der Waals surface area contributed by atoms with Crippen LogP contribution in [0.2, 0.25) is 0 Å². The van der Waals surface area contributed by atoms with Gasteiger partial charge in [-0.25, -0.2) is 0 Å². The number of alkyl halides is 1. The van der Waals surface area contributed by atoms with E-state index in [-0.39, 0.29) is 17.3 Å². The summed E-state index contributed by atoms with van der Waals surface area (Å²) in [5.74, 6) is 0.954. The molecular formula is C19H28BrNO3. The Hall–Kier alpha value is -1.07. The Labute approximate surface area is 153 Å². The van der Waals surface area contributed by atoms with Crippen molar-refractivity contribution >= 4 is 27.4 Å². The van der Waals surface area contributed by atoms with E-state index in [2.05, 4.69) is 41.6 Å². The predicted octanol–water partition coefficient (Wildman–Crippen LogP) is 4.19. The van der Waals surface area contributed by atoms with Crippen LogP contribution in [-0.4, -0.2) is 44.0 Å². The average Bonchev–Trinajstić information content (AvgIpc) is 3.00. The third-order valence-electron chi connectivity index (χ3n) is 4.41. The van der Waals surface area contributed by atoms with Crippen LogP contribution in [0, 0.1) is 0 Å². The van der Waals surface area contributed by atoms with Crippen LogP contribution in [0.25, 0.3) is 0 Å². The van der Waals surface area contributed by atoms with E-state index in [1.807, 2.05) is 19.1 Å². The quantitative estimate of drug-likeness (QED) is 0.532. The normalized spacial score (nSPS) is 18.1. The van der Waals surface area contributed by atoms with Gasteiger partial charge in [0, 0.05) is 30.8 Å². The van der Waals surface area contributed by atoms with Crippen molar-refractivity contribution in [3.63, 3.8) is 0 Å². The SMILES string of the molecule is CCO[C@@H]1CCN(c2cc(C(=O)CBr)cc(C(C)(C)C)c2OC)C1. The van der Waals surface area contributed by atoms with Gasteiger partial charge in [0.15, 0.2) is 5.78 Å². The van der Waals surface area contributed by atoms with Crippen molar-refractivity contribution in [2.75, 3.05) is 37.0 Å². The van der Waals surface area contributed by atoms with Gasteiger partial charge in [0.2, 0.25) is 0 Å². The minimum Gasteiger partial charge on any atom is -0.494 e. The highest BCUT2D eigenvalue weighted by Crippen LogP contribution is 2.41. The topological polar surface area (TPSA) is 38.8 Å². The molecule has 134 valence electrons. The number of carbonyl (C=O) groups excluding carboxylic acids is 1. The molecule has 1 saturated heterocycles. The highest BCUT2D eigenvalue weighted by molar-refractivity contribution is 9.09. The van der Waals surface area contributed by atoms with Crippen molar-refractivity contribution in [1.82, 2.24) is 0 Å². The summed E-state index contributed by atoms with van der Waals surface area (Å²) in [7, 11) is 1.70. The molecule has 1 aliphatic heterocycles. The molecule has 0 spiro atoms. The first-order chi connectivity index (χ1) is 11.3. The van der Waals surface area contributed by atoms with Gasteiger partial charge in [0.25, 0.3) is 0 Å². The standard InChI is InChI=1S/C19H28BrNO3/c1-6-24-14-7-8-21(12-14)16-10-13(17(22)11-20)9-15(18(16)23-5)19(2,3)4/h9-10,14H,6-8,11-12H2,1-5H3/t14-/m1/s1. The summed E-state index contributed by atoms with van der Waals surface area (Å²) in [5.41, 5.74) is 2.68. The van der Waals surface area contributed by atoms with Crippen LogP contribution in [0.4, 0.5) is 5.69 Å². The van der Waals surface area contributed by atoms with E-state index in [1.165, 1.54) is 0 Å². The van der Waals surface area contributed by atoms with E-state index >= 15 is 0 Å². The molecule has 5 heteroatoms. The van der Waals surface area contributed by atoms with Crippen LogP contribution in [-0.2, 0) is 10.2 Å². The van der Waals surface area contributed by atoms with Crippen LogP contribution >= 0.6 is 15.9 Å². The molecule has 1 fully saturated rings. The van der Waals surface area contributed by atoms with Crippen LogP contribution in [0.3, 0.4) is 0 Å². The average molecular weight is 398 g/mol. The van der Waals surface area contributed by atoms with E-state index in [1.54, 1.807) is 7.11 Å². The lowest BCUT2D eigenvalue weighted by molar-refractivity contribution is 0.0787. The molecule has 0 bridgehead atoms. The molecule has 1 heterocycles. The molecule has 4 nitrogen and oxygen atoms in total. The Morgan fingerprint density at radius 3 is 2.62 bits per heavy atom. The highest BCUT2D eigenvalue weighted by atomic mass is 79.9. The second-order valence-corrected chi connectivity index (χ2v) is 7.76. The molecule has 0 aromatic heterocycles. The lowest BCUT2D eigenvalue weighted by atomic mass is 9.84. The van der Waals surface area contributed by atoms with Gasteiger partial charge >= 0.3 is 0 Å². The number of Topliss-reactive ketones (excluding diaryl/α,β-unsaturated/α-hetero) is 1. The van der Waals surface area contributed by atoms with Crippen molar-refractivity contribution in [3.05, 3.63) is 23.3 Å². The molecule has 1 aliphatic rings. The number of carbonyl (C=O) groups is 1. The Balaban J connectivity index is 2.50. The molecule has 0 unspecified atom stereocenters. The number of benzene rings is 1. The van der Waals surface area contributed by atoms with Gasteiger partial charge in [-0.05, 0) is 30.9 Å². The van der Waals surface area contributed by atoms with Crippen molar-refractivity contribution in [1.29, 1.82) is 0 Å². The molecule has 2 rings (SSSR count). The van der Waals surface area contributed by atoms with Crippen molar-refractivity contribution in [2.24, 2.45) is 0 Å². The van der Waals surface area contributed by atoms with E-state index in [9.17, 15) is 4.79 Å². The Kier molecular flexibility index (Phi) is 6.32. The molecule has 1 atom stereocenters. The summed E-state index contributed by atoms with van der Waals surface area (Å²) >= 11 is 3.29. The molecule has 0 radical (unpaired) electrons. The van der Waals surface area contributed by atoms with E-state index in [0.717, 1.165) is 48.7 Å². The lowest BCUT2D eigenvalue weighted by Gasteiger charge is -2.29. The van der Waals surface area contributed by atoms with Crippen LogP contribution in [0.5, 0.6) is 5.75 Å². The van der Waals surface area contributed by atoms with Gasteiger partial charge in [-0.1, -0.05) is 36.7 Å². The molecular weight excluding hydrogens is 370 g/mol. The second-order valence-electron chi connectivity index (χ2n) is 7.20. The minimum absolute atomic E-state index is 0.0879. The maximum atomic E-state index is 12.3. The number of nitrogens with zero attached hydrogens (tertiary/aromatic N) is 1. The molecule has 1 aromatic carbocycles. The van der Waals surface area contributed by atoms with Crippen LogP contribution in [0.1, 0.15) is 50.0 Å². The van der Waals surface area contributed by atoms with Crippen LogP contribution < -0.4 is 9.64 Å². The largest absolute Gasteiger partial charge is 0.494 e. The number of ether oxygens (including phenoxy) is 2. The van der Waals surface area contributed by atoms with Crippen molar-refractivity contribution < 1.29 is 14.3 Å². The summed E-state index contributed by atoms with van der Waals surface area (Å²) in [4.78, 5) is 14.6. The predicted molar refractivity (Wildman–Crippen MR) is 102 cm³/mol. The monoisotopic (exact) mass is 397 g/mol. The van der Waals surface area contributed by atoms with E-state index < -0.39 is 0 Å². The van der Waals surface area contributed by atoms with E-state index in [4.69, 9.17) is 9.47 Å². The Morgan fingerprint density at radius 1 is 1.38 bits per heavy atom. The maximum absolute atomic E-state index is 12.3. The summed E-state index contributed by atoms with van der Waals surface area (Å²) in [6.45, 7) is 10.9. The zero-order valence-electron chi connectivity index (χ0n) is 15.3. The fourth-order valence-electron chi connectivity index (χ4n) is 3.18. The minimum atomic E-state index is -0.109. The Bertz CT molecular complexity index is 595. The van der Waals surface area contributed by atoms with Gasteiger partial charge in [-0.3, -0.25) is 4.79 Å². The van der Waals surface area contributed by atoms with E-state index in [0.29, 0.717) is 5.33 Å². The van der Waals surface area contributed by atoms with Gasteiger partial charge < -0.3 is 14.4 Å². The Morgan fingerprint density at radius 2 is 2.08 bits per heavy atom. The fourth-order valence-corrected chi connectivity index (χ4v) is 3.50. The summed E-state index contributed by atoms with van der Waals surface area (Å²) in [6, 6.07) is 3.94. The molecule has 0 amide bonds. The third-order valence-corrected chi connectivity index (χ3v) is 4.92. The number of anilines is 1. The number of halogens is 1. The van der Waals surface area contributed by atoms with Gasteiger partial charge in [-0.15, -0.1) is 0 Å². The molecule has 24 heavy (non-hydrogen) atoms. The fraction of sp³-hybridized carbons (Fsp3) is 0.632. The number of hydrogen-bond acceptors (Lipinski definition) is 4. The van der Waals surface area contributed by atoms with Gasteiger partial charge in [-0.2, -0.15) is 0 Å². The first-order valence-corrected chi connectivity index (χ1v) is 9.62. The zero-order chi connectivity index (χ0) is 17.9. The van der Waals surface area contributed by atoms with Crippen LogP contribution in [0.15, 0.2) is 12.1 Å². The van der Waals surface area contributed by atoms with Crippen molar-refractivity contribution in [3.8, 4) is 5.75 Å². The number of rotatable bonds is 6. The zero-order valence-corrected chi connectivity index (χ0v) is 16.9. The first kappa shape index (κ1) is 19.3. The molecule has 0 aliphatic carbocycles. The number of ketones is 1. The maximum Gasteiger partial charge on any atom is 0.173 e. The molecule has 1 aromatic rings. The van der Waals surface area contributed by atoms with Gasteiger partial charge in [0.05, 0.1) is 24.2 Å². The first-order valence-electron chi connectivity index (χ1n) is 8.50.